The van der Waals surface area contributed by atoms with E-state index in [1.165, 1.54) is 6.42 Å². The van der Waals surface area contributed by atoms with E-state index in [0.717, 1.165) is 31.4 Å². The van der Waals surface area contributed by atoms with Gasteiger partial charge in [0.2, 0.25) is 5.91 Å². The van der Waals surface area contributed by atoms with Gasteiger partial charge in [0, 0.05) is 24.9 Å². The van der Waals surface area contributed by atoms with Crippen LogP contribution in [0.15, 0.2) is 24.3 Å². The van der Waals surface area contributed by atoms with Crippen molar-refractivity contribution in [2.45, 2.75) is 65.5 Å². The third-order valence-electron chi connectivity index (χ3n) is 7.70. The first kappa shape index (κ1) is 17.6. The van der Waals surface area contributed by atoms with E-state index in [9.17, 15) is 9.59 Å². The zero-order valence-corrected chi connectivity index (χ0v) is 16.1. The number of esters is 1. The monoisotopic (exact) mass is 355 g/mol. The minimum absolute atomic E-state index is 0.0191. The van der Waals surface area contributed by atoms with Crippen LogP contribution in [0, 0.1) is 16.7 Å². The van der Waals surface area contributed by atoms with Gasteiger partial charge in [0.1, 0.15) is 6.10 Å². The second-order valence-electron chi connectivity index (χ2n) is 9.12. The van der Waals surface area contributed by atoms with Crippen molar-refractivity contribution in [1.29, 1.82) is 0 Å². The highest BCUT2D eigenvalue weighted by Crippen LogP contribution is 2.66. The predicted molar refractivity (Wildman–Crippen MR) is 99.5 cm³/mol. The number of ether oxygens (including phenoxy) is 1. The van der Waals surface area contributed by atoms with Crippen LogP contribution >= 0.6 is 0 Å². The summed E-state index contributed by atoms with van der Waals surface area (Å²) in [5.74, 6) is 0.662. The highest BCUT2D eigenvalue weighted by molar-refractivity contribution is 5.89. The summed E-state index contributed by atoms with van der Waals surface area (Å²) >= 11 is 0. The molecule has 4 heteroatoms. The lowest BCUT2D eigenvalue weighted by molar-refractivity contribution is -0.128. The van der Waals surface area contributed by atoms with Crippen molar-refractivity contribution < 1.29 is 14.3 Å². The quantitative estimate of drug-likeness (QED) is 0.761. The van der Waals surface area contributed by atoms with Crippen LogP contribution in [-0.2, 0) is 16.1 Å². The number of carbonyl (C=O) groups is 2. The molecule has 1 heterocycles. The van der Waals surface area contributed by atoms with E-state index in [1.807, 2.05) is 29.2 Å². The molecule has 2 bridgehead atoms. The molecule has 2 aliphatic carbocycles. The van der Waals surface area contributed by atoms with Crippen LogP contribution in [0.4, 0.5) is 0 Å². The Morgan fingerprint density at radius 1 is 1.23 bits per heavy atom. The third-order valence-corrected chi connectivity index (χ3v) is 7.70. The number of hydrogen-bond donors (Lipinski definition) is 0. The first-order valence-corrected chi connectivity index (χ1v) is 9.89. The number of fused-ring (bicyclic) bond motifs is 2. The molecule has 4 nitrogen and oxygen atoms in total. The van der Waals surface area contributed by atoms with Gasteiger partial charge in [0.15, 0.2) is 0 Å². The van der Waals surface area contributed by atoms with E-state index >= 15 is 0 Å². The lowest BCUT2D eigenvalue weighted by atomic mass is 9.70. The molecule has 3 atom stereocenters. The van der Waals surface area contributed by atoms with Gasteiger partial charge < -0.3 is 9.64 Å². The predicted octanol–water partition coefficient (Wildman–Crippen LogP) is 4.18. The summed E-state index contributed by atoms with van der Waals surface area (Å²) in [6.07, 6.45) is 5.01. The Balaban J connectivity index is 1.40. The fourth-order valence-electron chi connectivity index (χ4n) is 5.34. The molecule has 140 valence electrons. The molecule has 1 amide bonds. The van der Waals surface area contributed by atoms with Gasteiger partial charge >= 0.3 is 5.97 Å². The van der Waals surface area contributed by atoms with E-state index in [1.54, 1.807) is 0 Å². The summed E-state index contributed by atoms with van der Waals surface area (Å²) in [6.45, 7) is 8.40. The number of amides is 1. The molecule has 4 rings (SSSR count). The summed E-state index contributed by atoms with van der Waals surface area (Å²) in [6, 6.07) is 7.54. The maximum Gasteiger partial charge on any atom is 0.338 e. The molecular weight excluding hydrogens is 326 g/mol. The molecule has 2 saturated carbocycles. The van der Waals surface area contributed by atoms with E-state index in [-0.39, 0.29) is 28.8 Å². The molecule has 1 aromatic carbocycles. The van der Waals surface area contributed by atoms with Crippen LogP contribution in [0.25, 0.3) is 0 Å². The van der Waals surface area contributed by atoms with Crippen molar-refractivity contribution in [2.24, 2.45) is 16.7 Å². The van der Waals surface area contributed by atoms with E-state index < -0.39 is 0 Å². The summed E-state index contributed by atoms with van der Waals surface area (Å²) < 4.78 is 5.96. The third kappa shape index (κ3) is 2.65. The van der Waals surface area contributed by atoms with Crippen LogP contribution in [0.2, 0.25) is 0 Å². The van der Waals surface area contributed by atoms with Crippen molar-refractivity contribution in [1.82, 2.24) is 4.90 Å². The second-order valence-corrected chi connectivity index (χ2v) is 9.12. The molecule has 0 spiro atoms. The fourth-order valence-corrected chi connectivity index (χ4v) is 5.34. The molecule has 1 aliphatic heterocycles. The fraction of sp³-hybridized carbons (Fsp3) is 0.636. The first-order valence-electron chi connectivity index (χ1n) is 9.89. The molecule has 0 radical (unpaired) electrons. The van der Waals surface area contributed by atoms with Gasteiger partial charge in [-0.2, -0.15) is 0 Å². The first-order chi connectivity index (χ1) is 12.3. The molecule has 0 aromatic heterocycles. The largest absolute Gasteiger partial charge is 0.458 e. The van der Waals surface area contributed by atoms with Crippen molar-refractivity contribution in [3.05, 3.63) is 35.4 Å². The molecule has 3 aliphatic rings. The zero-order chi connectivity index (χ0) is 18.5. The maximum atomic E-state index is 12.7. The van der Waals surface area contributed by atoms with E-state index in [0.29, 0.717) is 24.4 Å². The van der Waals surface area contributed by atoms with Crippen molar-refractivity contribution in [3.63, 3.8) is 0 Å². The topological polar surface area (TPSA) is 46.6 Å². The number of benzene rings is 1. The standard InChI is InChI=1S/C22H29NO3/c1-21(2)17-10-11-22(21,3)18(13-17)26-20(25)16-8-6-15(7-9-16)14-23-12-4-5-19(23)24/h6-9,17-18H,4-5,10-14H2,1-3H3/t17-,18+,22-/m0/s1. The Morgan fingerprint density at radius 3 is 2.50 bits per heavy atom. The van der Waals surface area contributed by atoms with Crippen LogP contribution < -0.4 is 0 Å². The molecular formula is C22H29NO3. The average Bonchev–Trinajstić information content (AvgIpc) is 3.16. The van der Waals surface area contributed by atoms with Crippen molar-refractivity contribution in [2.75, 3.05) is 6.54 Å². The van der Waals surface area contributed by atoms with Crippen molar-refractivity contribution >= 4 is 11.9 Å². The molecule has 1 saturated heterocycles. The Bertz CT molecular complexity index is 723. The van der Waals surface area contributed by atoms with Gasteiger partial charge in [-0.25, -0.2) is 4.79 Å². The van der Waals surface area contributed by atoms with E-state index in [2.05, 4.69) is 20.8 Å². The average molecular weight is 355 g/mol. The SMILES string of the molecule is CC1(C)[C@H]2CC[C@@]1(C)[C@H](OC(=O)c1ccc(CN3CCCC3=O)cc1)C2. The lowest BCUT2D eigenvalue weighted by Gasteiger charge is -2.38. The lowest BCUT2D eigenvalue weighted by Crippen LogP contribution is -2.38. The van der Waals surface area contributed by atoms with Gasteiger partial charge in [-0.3, -0.25) is 4.79 Å². The number of likely N-dealkylation sites (tertiary alicyclic amines) is 1. The smallest absolute Gasteiger partial charge is 0.338 e. The highest BCUT2D eigenvalue weighted by atomic mass is 16.5. The van der Waals surface area contributed by atoms with Gasteiger partial charge in [-0.15, -0.1) is 0 Å². The minimum atomic E-state index is -0.219. The summed E-state index contributed by atoms with van der Waals surface area (Å²) in [5, 5.41) is 0. The Hall–Kier alpha value is -1.84. The molecule has 0 N–H and O–H groups in total. The number of carbonyl (C=O) groups excluding carboxylic acids is 2. The van der Waals surface area contributed by atoms with E-state index in [4.69, 9.17) is 4.74 Å². The summed E-state index contributed by atoms with van der Waals surface area (Å²) in [5.41, 5.74) is 1.99. The Kier molecular flexibility index (Phi) is 4.13. The van der Waals surface area contributed by atoms with Gasteiger partial charge in [0.25, 0.3) is 0 Å². The highest BCUT2D eigenvalue weighted by Gasteiger charge is 2.62. The van der Waals surface area contributed by atoms with Crippen molar-refractivity contribution in [3.8, 4) is 0 Å². The van der Waals surface area contributed by atoms with Crippen LogP contribution in [0.3, 0.4) is 0 Å². The number of nitrogens with zero attached hydrogens (tertiary/aromatic N) is 1. The normalized spacial score (nSPS) is 32.3. The maximum absolute atomic E-state index is 12.7. The molecule has 1 aromatic rings. The Morgan fingerprint density at radius 2 is 1.96 bits per heavy atom. The number of hydrogen-bond acceptors (Lipinski definition) is 3. The van der Waals surface area contributed by atoms with Gasteiger partial charge in [-0.1, -0.05) is 32.9 Å². The molecule has 3 fully saturated rings. The van der Waals surface area contributed by atoms with Crippen LogP contribution in [0.1, 0.15) is 68.8 Å². The number of rotatable bonds is 4. The van der Waals surface area contributed by atoms with Gasteiger partial charge in [0.05, 0.1) is 5.56 Å². The van der Waals surface area contributed by atoms with Crippen LogP contribution in [-0.4, -0.2) is 29.4 Å². The summed E-state index contributed by atoms with van der Waals surface area (Å²) in [4.78, 5) is 26.3. The van der Waals surface area contributed by atoms with Crippen LogP contribution in [0.5, 0.6) is 0 Å². The minimum Gasteiger partial charge on any atom is -0.458 e. The molecule has 0 unspecified atom stereocenters. The zero-order valence-electron chi connectivity index (χ0n) is 16.1. The molecule has 26 heavy (non-hydrogen) atoms. The van der Waals surface area contributed by atoms with Gasteiger partial charge in [-0.05, 0) is 54.7 Å². The summed E-state index contributed by atoms with van der Waals surface area (Å²) in [7, 11) is 0. The Labute approximate surface area is 155 Å². The second kappa shape index (κ2) is 6.11.